The summed E-state index contributed by atoms with van der Waals surface area (Å²) < 4.78 is 11.7. The largest absolute Gasteiger partial charge is 0.497 e. The minimum absolute atomic E-state index is 0.272. The highest BCUT2D eigenvalue weighted by atomic mass is 16.5. The van der Waals surface area contributed by atoms with Crippen LogP contribution >= 0.6 is 0 Å². The molecule has 1 saturated heterocycles. The smallest absolute Gasteiger partial charge is 0.119 e. The number of aryl methyl sites for hydroxylation is 1. The van der Waals surface area contributed by atoms with Crippen LogP contribution in [-0.4, -0.2) is 51.3 Å². The Bertz CT molecular complexity index is 843. The molecule has 2 unspecified atom stereocenters. The van der Waals surface area contributed by atoms with Gasteiger partial charge in [0.1, 0.15) is 5.75 Å². The van der Waals surface area contributed by atoms with Crippen LogP contribution in [0.25, 0.3) is 0 Å². The Kier molecular flexibility index (Phi) is 5.96. The van der Waals surface area contributed by atoms with Gasteiger partial charge < -0.3 is 14.4 Å². The van der Waals surface area contributed by atoms with Crippen molar-refractivity contribution in [1.82, 2.24) is 4.90 Å². The third-order valence-electron chi connectivity index (χ3n) is 7.25. The van der Waals surface area contributed by atoms with Crippen LogP contribution in [0.4, 0.5) is 5.69 Å². The Labute approximate surface area is 180 Å². The zero-order valence-electron chi connectivity index (χ0n) is 18.2. The summed E-state index contributed by atoms with van der Waals surface area (Å²) >= 11 is 0. The lowest BCUT2D eigenvalue weighted by molar-refractivity contribution is 0.0142. The second kappa shape index (κ2) is 8.99. The van der Waals surface area contributed by atoms with Gasteiger partial charge in [-0.3, -0.25) is 4.90 Å². The number of rotatable bonds is 5. The first-order chi connectivity index (χ1) is 14.8. The van der Waals surface area contributed by atoms with E-state index in [0.29, 0.717) is 5.92 Å². The van der Waals surface area contributed by atoms with Crippen molar-refractivity contribution in [2.75, 3.05) is 51.3 Å². The molecule has 0 radical (unpaired) electrons. The molecule has 0 N–H and O–H groups in total. The van der Waals surface area contributed by atoms with Crippen molar-refractivity contribution >= 4 is 5.69 Å². The topological polar surface area (TPSA) is 24.9 Å². The molecule has 0 saturated carbocycles. The predicted octanol–water partition coefficient (Wildman–Crippen LogP) is 4.79. The second-order valence-electron chi connectivity index (χ2n) is 9.00. The standard InChI is InChI=1S/C26H34N2O2/c1-29-23-11-9-22(10-12-23)28-17-15-27(16-18-28)14-13-25-24-8-4-7-20-5-2-3-6-21(19-30-25)26(20)24/h4,7-12,21,25H,2-3,5-6,13-19H2,1H3. The normalized spacial score (nSPS) is 24.2. The highest BCUT2D eigenvalue weighted by Gasteiger charge is 2.31. The minimum atomic E-state index is 0.272. The van der Waals surface area contributed by atoms with E-state index in [4.69, 9.17) is 9.47 Å². The van der Waals surface area contributed by atoms with Crippen molar-refractivity contribution in [1.29, 1.82) is 0 Å². The van der Waals surface area contributed by atoms with Crippen LogP contribution in [0.15, 0.2) is 42.5 Å². The van der Waals surface area contributed by atoms with Crippen LogP contribution < -0.4 is 9.64 Å². The maximum absolute atomic E-state index is 6.41. The third-order valence-corrected chi connectivity index (χ3v) is 7.25. The number of hydrogen-bond donors (Lipinski definition) is 0. The molecule has 30 heavy (non-hydrogen) atoms. The van der Waals surface area contributed by atoms with E-state index >= 15 is 0 Å². The Morgan fingerprint density at radius 1 is 1.00 bits per heavy atom. The van der Waals surface area contributed by atoms with Crippen molar-refractivity contribution in [2.24, 2.45) is 0 Å². The Balaban J connectivity index is 1.18. The molecule has 4 heteroatoms. The molecule has 2 heterocycles. The molecule has 0 bridgehead atoms. The number of nitrogens with zero attached hydrogens (tertiary/aromatic N) is 2. The van der Waals surface area contributed by atoms with E-state index in [-0.39, 0.29) is 6.10 Å². The van der Waals surface area contributed by atoms with Gasteiger partial charge in [-0.1, -0.05) is 24.6 Å². The van der Waals surface area contributed by atoms with Gasteiger partial charge in [0.25, 0.3) is 0 Å². The zero-order chi connectivity index (χ0) is 20.3. The molecule has 160 valence electrons. The second-order valence-corrected chi connectivity index (χ2v) is 9.00. The van der Waals surface area contributed by atoms with Gasteiger partial charge in [-0.05, 0) is 66.6 Å². The predicted molar refractivity (Wildman–Crippen MR) is 122 cm³/mol. The fourth-order valence-corrected chi connectivity index (χ4v) is 5.53. The number of anilines is 1. The number of methoxy groups -OCH3 is 1. The summed E-state index contributed by atoms with van der Waals surface area (Å²) in [7, 11) is 1.72. The Morgan fingerprint density at radius 2 is 1.83 bits per heavy atom. The lowest BCUT2D eigenvalue weighted by Gasteiger charge is -2.38. The summed E-state index contributed by atoms with van der Waals surface area (Å²) in [6.45, 7) is 6.44. The highest BCUT2D eigenvalue weighted by molar-refractivity contribution is 5.49. The van der Waals surface area contributed by atoms with Gasteiger partial charge in [-0.15, -0.1) is 0 Å². The fourth-order valence-electron chi connectivity index (χ4n) is 5.53. The molecule has 3 aliphatic rings. The number of hydrogen-bond acceptors (Lipinski definition) is 4. The molecule has 2 aliphatic heterocycles. The minimum Gasteiger partial charge on any atom is -0.497 e. The van der Waals surface area contributed by atoms with Crippen molar-refractivity contribution in [3.63, 3.8) is 0 Å². The molecule has 5 rings (SSSR count). The van der Waals surface area contributed by atoms with Gasteiger partial charge in [0.05, 0.1) is 19.8 Å². The van der Waals surface area contributed by atoms with Crippen LogP contribution in [0.2, 0.25) is 0 Å². The fraction of sp³-hybridized carbons (Fsp3) is 0.538. The molecule has 2 atom stereocenters. The quantitative estimate of drug-likeness (QED) is 0.713. The van der Waals surface area contributed by atoms with Gasteiger partial charge >= 0.3 is 0 Å². The molecule has 1 aliphatic carbocycles. The molecule has 0 amide bonds. The lowest BCUT2D eigenvalue weighted by atomic mass is 9.84. The van der Waals surface area contributed by atoms with Crippen LogP contribution in [0, 0.1) is 0 Å². The monoisotopic (exact) mass is 406 g/mol. The molecular formula is C26H34N2O2. The average molecular weight is 407 g/mol. The average Bonchev–Trinajstić information content (AvgIpc) is 3.03. The molecule has 0 aromatic heterocycles. The van der Waals surface area contributed by atoms with E-state index in [0.717, 1.165) is 51.5 Å². The van der Waals surface area contributed by atoms with Gasteiger partial charge in [-0.2, -0.15) is 0 Å². The van der Waals surface area contributed by atoms with E-state index in [1.54, 1.807) is 18.2 Å². The van der Waals surface area contributed by atoms with Crippen molar-refractivity contribution < 1.29 is 9.47 Å². The van der Waals surface area contributed by atoms with E-state index in [2.05, 4.69) is 52.3 Å². The highest BCUT2D eigenvalue weighted by Crippen LogP contribution is 2.42. The molecule has 2 aromatic rings. The summed E-state index contributed by atoms with van der Waals surface area (Å²) in [5.74, 6) is 1.55. The maximum atomic E-state index is 6.41. The maximum Gasteiger partial charge on any atom is 0.119 e. The van der Waals surface area contributed by atoms with Crippen LogP contribution in [0.5, 0.6) is 5.75 Å². The summed E-state index contributed by atoms with van der Waals surface area (Å²) in [5, 5.41) is 0. The van der Waals surface area contributed by atoms with Crippen molar-refractivity contribution in [3.05, 3.63) is 59.2 Å². The lowest BCUT2D eigenvalue weighted by Crippen LogP contribution is -2.47. The number of piperazine rings is 1. The van der Waals surface area contributed by atoms with Gasteiger partial charge in [0, 0.05) is 44.3 Å². The molecule has 0 spiro atoms. The SMILES string of the molecule is COc1ccc(N2CCN(CCC3OCC4CCCCc5cccc3c54)CC2)cc1. The Morgan fingerprint density at radius 3 is 2.63 bits per heavy atom. The van der Waals surface area contributed by atoms with Crippen LogP contribution in [0.3, 0.4) is 0 Å². The summed E-state index contributed by atoms with van der Waals surface area (Å²) in [6, 6.07) is 15.4. The summed E-state index contributed by atoms with van der Waals surface area (Å²) in [5.41, 5.74) is 6.03. The molecule has 4 nitrogen and oxygen atoms in total. The molecule has 1 fully saturated rings. The first-order valence-electron chi connectivity index (χ1n) is 11.7. The number of ether oxygens (including phenoxy) is 2. The summed E-state index contributed by atoms with van der Waals surface area (Å²) in [6.07, 6.45) is 6.59. The zero-order valence-corrected chi connectivity index (χ0v) is 18.2. The third kappa shape index (κ3) is 4.08. The van der Waals surface area contributed by atoms with E-state index in [1.807, 2.05) is 0 Å². The Hall–Kier alpha value is -2.04. The van der Waals surface area contributed by atoms with E-state index in [9.17, 15) is 0 Å². The van der Waals surface area contributed by atoms with Crippen LogP contribution in [-0.2, 0) is 11.2 Å². The van der Waals surface area contributed by atoms with Gasteiger partial charge in [0.15, 0.2) is 0 Å². The number of benzene rings is 2. The molecular weight excluding hydrogens is 372 g/mol. The van der Waals surface area contributed by atoms with E-state index < -0.39 is 0 Å². The van der Waals surface area contributed by atoms with Crippen molar-refractivity contribution in [3.8, 4) is 5.75 Å². The van der Waals surface area contributed by atoms with Crippen molar-refractivity contribution in [2.45, 2.75) is 44.1 Å². The van der Waals surface area contributed by atoms with E-state index in [1.165, 1.54) is 36.9 Å². The van der Waals surface area contributed by atoms with Gasteiger partial charge in [-0.25, -0.2) is 0 Å². The molecule has 2 aromatic carbocycles. The van der Waals surface area contributed by atoms with Gasteiger partial charge in [0.2, 0.25) is 0 Å². The first-order valence-corrected chi connectivity index (χ1v) is 11.7. The summed E-state index contributed by atoms with van der Waals surface area (Å²) in [4.78, 5) is 5.09. The first kappa shape index (κ1) is 19.9. The van der Waals surface area contributed by atoms with Crippen LogP contribution in [0.1, 0.15) is 54.4 Å².